The molecule has 1 aliphatic rings. The second-order valence-corrected chi connectivity index (χ2v) is 6.12. The zero-order valence-electron chi connectivity index (χ0n) is 9.20. The van der Waals surface area contributed by atoms with E-state index in [0.717, 1.165) is 0 Å². The zero-order valence-corrected chi connectivity index (χ0v) is 10.0. The Balaban J connectivity index is 2.33. The summed E-state index contributed by atoms with van der Waals surface area (Å²) in [6, 6.07) is 7.89. The van der Waals surface area contributed by atoms with Gasteiger partial charge in [0.2, 0.25) is 5.91 Å². The van der Waals surface area contributed by atoms with Crippen LogP contribution in [0, 0.1) is 5.92 Å². The van der Waals surface area contributed by atoms with Gasteiger partial charge in [0.25, 0.3) is 0 Å². The summed E-state index contributed by atoms with van der Waals surface area (Å²) in [5.41, 5.74) is 0. The van der Waals surface area contributed by atoms with Crippen LogP contribution in [0.5, 0.6) is 0 Å². The first-order valence-corrected chi connectivity index (χ1v) is 6.76. The number of hydrogen-bond acceptors (Lipinski definition) is 4. The lowest BCUT2D eigenvalue weighted by Gasteiger charge is -2.37. The summed E-state index contributed by atoms with van der Waals surface area (Å²) >= 11 is 0. The normalized spacial score (nSPS) is 25.9. The molecule has 0 aromatic heterocycles. The third kappa shape index (κ3) is 1.94. The number of amides is 1. The Bertz CT molecular complexity index is 524. The number of nitrogens with one attached hydrogen (secondary N) is 1. The van der Waals surface area contributed by atoms with Crippen LogP contribution in [0.25, 0.3) is 0 Å². The van der Waals surface area contributed by atoms with Crippen molar-refractivity contribution >= 4 is 15.7 Å². The van der Waals surface area contributed by atoms with E-state index < -0.39 is 33.1 Å². The van der Waals surface area contributed by atoms with E-state index in [2.05, 4.69) is 5.32 Å². The Morgan fingerprint density at radius 1 is 1.29 bits per heavy atom. The molecule has 3 atom stereocenters. The van der Waals surface area contributed by atoms with Gasteiger partial charge in [-0.2, -0.15) is 0 Å². The van der Waals surface area contributed by atoms with Gasteiger partial charge in [0.05, 0.1) is 16.9 Å². The van der Waals surface area contributed by atoms with Crippen LogP contribution in [0.3, 0.4) is 0 Å². The van der Waals surface area contributed by atoms with Gasteiger partial charge < -0.3 is 10.4 Å². The summed E-state index contributed by atoms with van der Waals surface area (Å²) < 4.78 is 24.3. The number of hydrogen-bond donors (Lipinski definition) is 2. The molecule has 1 heterocycles. The van der Waals surface area contributed by atoms with Crippen molar-refractivity contribution in [1.29, 1.82) is 0 Å². The molecule has 2 N–H and O–H groups in total. The fourth-order valence-electron chi connectivity index (χ4n) is 1.87. The lowest BCUT2D eigenvalue weighted by atomic mass is 9.96. The number of sulfone groups is 1. The topological polar surface area (TPSA) is 83.5 Å². The number of benzene rings is 1. The Hall–Kier alpha value is -1.40. The molecule has 1 aliphatic heterocycles. The molecule has 17 heavy (non-hydrogen) atoms. The SMILES string of the molecule is C[C@@H](O)[C@H]1C(=O)NC1S(=O)(=O)c1ccccc1. The number of aliphatic hydroxyl groups excluding tert-OH is 1. The molecule has 0 radical (unpaired) electrons. The molecule has 1 saturated heterocycles. The van der Waals surface area contributed by atoms with E-state index in [1.54, 1.807) is 18.2 Å². The van der Waals surface area contributed by atoms with Gasteiger partial charge in [0, 0.05) is 0 Å². The van der Waals surface area contributed by atoms with Crippen molar-refractivity contribution < 1.29 is 18.3 Å². The van der Waals surface area contributed by atoms with Gasteiger partial charge in [-0.05, 0) is 19.1 Å². The van der Waals surface area contributed by atoms with Crippen LogP contribution < -0.4 is 5.32 Å². The fraction of sp³-hybridized carbons (Fsp3) is 0.364. The van der Waals surface area contributed by atoms with Crippen molar-refractivity contribution in [3.63, 3.8) is 0 Å². The number of rotatable bonds is 3. The third-order valence-electron chi connectivity index (χ3n) is 2.84. The van der Waals surface area contributed by atoms with Crippen molar-refractivity contribution in [2.24, 2.45) is 5.92 Å². The van der Waals surface area contributed by atoms with E-state index in [-0.39, 0.29) is 4.90 Å². The van der Waals surface area contributed by atoms with Crippen LogP contribution in [0.15, 0.2) is 35.2 Å². The molecule has 1 aromatic carbocycles. The third-order valence-corrected chi connectivity index (χ3v) is 4.85. The number of carbonyl (C=O) groups excluding carboxylic acids is 1. The molecule has 0 spiro atoms. The van der Waals surface area contributed by atoms with Crippen LogP contribution >= 0.6 is 0 Å². The summed E-state index contributed by atoms with van der Waals surface area (Å²) in [7, 11) is -3.62. The number of carbonyl (C=O) groups is 1. The maximum atomic E-state index is 12.1. The van der Waals surface area contributed by atoms with E-state index in [1.165, 1.54) is 19.1 Å². The predicted molar refractivity (Wildman–Crippen MR) is 60.7 cm³/mol. The van der Waals surface area contributed by atoms with Gasteiger partial charge in [-0.25, -0.2) is 8.42 Å². The second kappa shape index (κ2) is 4.12. The average Bonchev–Trinajstić information content (AvgIpc) is 2.26. The Morgan fingerprint density at radius 3 is 2.35 bits per heavy atom. The fourth-order valence-corrected chi connectivity index (χ4v) is 3.70. The lowest BCUT2D eigenvalue weighted by Crippen LogP contribution is -2.64. The van der Waals surface area contributed by atoms with Crippen LogP contribution in [-0.4, -0.2) is 30.9 Å². The lowest BCUT2D eigenvalue weighted by molar-refractivity contribution is -0.137. The molecule has 0 aliphatic carbocycles. The largest absolute Gasteiger partial charge is 0.392 e. The van der Waals surface area contributed by atoms with Gasteiger partial charge in [-0.1, -0.05) is 18.2 Å². The summed E-state index contributed by atoms with van der Waals surface area (Å²) in [5.74, 6) is -1.32. The van der Waals surface area contributed by atoms with Crippen LogP contribution in [0.2, 0.25) is 0 Å². The molecule has 1 aromatic rings. The van der Waals surface area contributed by atoms with Crippen molar-refractivity contribution in [3.8, 4) is 0 Å². The summed E-state index contributed by atoms with van der Waals surface area (Å²) in [4.78, 5) is 11.4. The van der Waals surface area contributed by atoms with Crippen molar-refractivity contribution in [2.45, 2.75) is 23.3 Å². The van der Waals surface area contributed by atoms with Gasteiger partial charge >= 0.3 is 0 Å². The highest BCUT2D eigenvalue weighted by atomic mass is 32.2. The first-order valence-electron chi connectivity index (χ1n) is 5.22. The molecule has 6 heteroatoms. The maximum Gasteiger partial charge on any atom is 0.229 e. The molecular formula is C11H13NO4S. The van der Waals surface area contributed by atoms with E-state index in [4.69, 9.17) is 0 Å². The van der Waals surface area contributed by atoms with E-state index in [0.29, 0.717) is 0 Å². The minimum atomic E-state index is -3.62. The highest BCUT2D eigenvalue weighted by Crippen LogP contribution is 2.28. The van der Waals surface area contributed by atoms with Crippen molar-refractivity contribution in [2.75, 3.05) is 0 Å². The van der Waals surface area contributed by atoms with E-state index in [9.17, 15) is 18.3 Å². The maximum absolute atomic E-state index is 12.1. The monoisotopic (exact) mass is 255 g/mol. The first kappa shape index (κ1) is 12.1. The van der Waals surface area contributed by atoms with Crippen LogP contribution in [-0.2, 0) is 14.6 Å². The number of aliphatic hydroxyl groups is 1. The minimum Gasteiger partial charge on any atom is -0.392 e. The van der Waals surface area contributed by atoms with Gasteiger partial charge in [-0.3, -0.25) is 4.79 Å². The smallest absolute Gasteiger partial charge is 0.229 e. The zero-order chi connectivity index (χ0) is 12.6. The molecule has 92 valence electrons. The molecule has 5 nitrogen and oxygen atoms in total. The average molecular weight is 255 g/mol. The predicted octanol–water partition coefficient (Wildman–Crippen LogP) is -0.0868. The van der Waals surface area contributed by atoms with Crippen LogP contribution in [0.1, 0.15) is 6.92 Å². The standard InChI is InChI=1S/C11H13NO4S/c1-7(13)9-10(14)12-11(9)17(15,16)8-5-3-2-4-6-8/h2-7,9,11,13H,1H3,(H,12,14)/t7-,9+,11?/m1/s1. The molecule has 0 saturated carbocycles. The van der Waals surface area contributed by atoms with E-state index in [1.807, 2.05) is 0 Å². The van der Waals surface area contributed by atoms with Gasteiger partial charge in [0.1, 0.15) is 5.37 Å². The first-order chi connectivity index (χ1) is 7.94. The Kier molecular flexibility index (Phi) is 2.92. The number of β-lactam (4-membered cyclic amide) rings is 1. The summed E-state index contributed by atoms with van der Waals surface area (Å²) in [6.07, 6.45) is -0.979. The van der Waals surface area contributed by atoms with Crippen molar-refractivity contribution in [1.82, 2.24) is 5.32 Å². The molecule has 1 fully saturated rings. The quantitative estimate of drug-likeness (QED) is 0.740. The summed E-state index contributed by atoms with van der Waals surface area (Å²) in [5, 5.41) is 10.7. The Labute approximate surface area is 99.4 Å². The molecule has 2 rings (SSSR count). The molecular weight excluding hydrogens is 242 g/mol. The van der Waals surface area contributed by atoms with Gasteiger partial charge in [0.15, 0.2) is 9.84 Å². The van der Waals surface area contributed by atoms with Crippen LogP contribution in [0.4, 0.5) is 0 Å². The second-order valence-electron chi connectivity index (χ2n) is 4.05. The highest BCUT2D eigenvalue weighted by molar-refractivity contribution is 7.92. The Morgan fingerprint density at radius 2 is 1.88 bits per heavy atom. The highest BCUT2D eigenvalue weighted by Gasteiger charge is 2.50. The molecule has 0 bridgehead atoms. The summed E-state index contributed by atoms with van der Waals surface area (Å²) in [6.45, 7) is 1.41. The molecule has 1 unspecified atom stereocenters. The van der Waals surface area contributed by atoms with Gasteiger partial charge in [-0.15, -0.1) is 0 Å². The minimum absolute atomic E-state index is 0.149. The van der Waals surface area contributed by atoms with Crippen molar-refractivity contribution in [3.05, 3.63) is 30.3 Å². The van der Waals surface area contributed by atoms with E-state index >= 15 is 0 Å². The molecule has 1 amide bonds.